The number of hydrogen-bond acceptors (Lipinski definition) is 10. The molecule has 2 aromatic rings. The average Bonchev–Trinajstić information content (AvgIpc) is 4.04. The Morgan fingerprint density at radius 3 is 2.50 bits per heavy atom. The van der Waals surface area contributed by atoms with Gasteiger partial charge in [0.2, 0.25) is 27.7 Å². The number of benzene rings is 1. The largest absolute Gasteiger partial charge is 0.497 e. The molecule has 16 heteroatoms. The number of likely N-dealkylation sites (tertiary alicyclic amines) is 1. The molecule has 2 heterocycles. The molecule has 0 bridgehead atoms. The van der Waals surface area contributed by atoms with Gasteiger partial charge in [-0.25, -0.2) is 18.2 Å². The van der Waals surface area contributed by atoms with E-state index in [0.717, 1.165) is 10.3 Å². The number of carbonyl (C=O) groups is 5. The van der Waals surface area contributed by atoms with Crippen molar-refractivity contribution in [1.29, 1.82) is 0 Å². The summed E-state index contributed by atoms with van der Waals surface area (Å²) >= 11 is 0. The number of amides is 4. The van der Waals surface area contributed by atoms with E-state index in [1.54, 1.807) is 64.4 Å². The summed E-state index contributed by atoms with van der Waals surface area (Å²) in [5.74, 6) is -2.40. The van der Waals surface area contributed by atoms with Gasteiger partial charge in [0.25, 0.3) is 5.91 Å². The van der Waals surface area contributed by atoms with E-state index in [1.165, 1.54) is 17.1 Å². The highest BCUT2D eigenvalue weighted by Crippen LogP contribution is 2.45. The highest BCUT2D eigenvalue weighted by Gasteiger charge is 2.62. The van der Waals surface area contributed by atoms with Crippen molar-refractivity contribution in [2.75, 3.05) is 13.7 Å². The number of fused-ring (bicyclic) bond motifs is 1. The van der Waals surface area contributed by atoms with Crippen LogP contribution in [-0.2, 0) is 29.2 Å². The van der Waals surface area contributed by atoms with E-state index in [9.17, 15) is 37.5 Å². The van der Waals surface area contributed by atoms with Crippen molar-refractivity contribution in [2.24, 2.45) is 5.92 Å². The lowest BCUT2D eigenvalue weighted by atomic mass is 9.98. The van der Waals surface area contributed by atoms with E-state index < -0.39 is 74.3 Å². The second-order valence-corrected chi connectivity index (χ2v) is 17.0. The minimum Gasteiger partial charge on any atom is -0.497 e. The van der Waals surface area contributed by atoms with Gasteiger partial charge in [0.15, 0.2) is 5.78 Å². The number of methoxy groups -OCH3 is 1. The van der Waals surface area contributed by atoms with E-state index in [0.29, 0.717) is 30.4 Å². The first-order valence-corrected chi connectivity index (χ1v) is 19.6. The number of pyridine rings is 1. The minimum atomic E-state index is -3.95. The summed E-state index contributed by atoms with van der Waals surface area (Å²) in [6, 6.07) is 4.45. The zero-order chi connectivity index (χ0) is 39.6. The monoisotopic (exact) mass is 767 g/mol. The summed E-state index contributed by atoms with van der Waals surface area (Å²) in [6.07, 6.45) is 5.05. The third kappa shape index (κ3) is 8.69. The van der Waals surface area contributed by atoms with E-state index in [-0.39, 0.29) is 43.9 Å². The van der Waals surface area contributed by atoms with Crippen molar-refractivity contribution < 1.29 is 47.0 Å². The molecule has 0 spiro atoms. The van der Waals surface area contributed by atoms with E-state index in [4.69, 9.17) is 9.47 Å². The Morgan fingerprint density at radius 1 is 1.19 bits per heavy atom. The van der Waals surface area contributed by atoms with Gasteiger partial charge in [0.1, 0.15) is 29.5 Å². The van der Waals surface area contributed by atoms with Crippen LogP contribution in [0.5, 0.6) is 11.6 Å². The van der Waals surface area contributed by atoms with Gasteiger partial charge in [-0.15, -0.1) is 6.58 Å². The molecule has 5 rings (SSSR count). The molecule has 54 heavy (non-hydrogen) atoms. The molecule has 15 nitrogen and oxygen atoms in total. The van der Waals surface area contributed by atoms with Gasteiger partial charge >= 0.3 is 6.09 Å². The fourth-order valence-electron chi connectivity index (χ4n) is 6.95. The molecular weight excluding hydrogens is 719 g/mol. The van der Waals surface area contributed by atoms with Gasteiger partial charge in [-0.05, 0) is 88.6 Å². The first kappa shape index (κ1) is 40.2. The standard InChI is InChI=1S/C38H49N5O10S/c1-7-9-10-25(44)11-16-30(43(36(48)49)37(3,4)5)34(46)42-22-27(53-33-29-15-12-26(52-6)19-23(29)17-18-39-33)20-31(42)32(45)40-38(21-24(38)8-2)35(47)41-54(50,51)28-13-14-28/h8-10,12,15,17-19,24,27-28,30-31H,2,7,11,13-14,16,20-22H2,1,3-6H3,(H,40,45)(H,41,47)(H,48,49)/b10-9+/t24-,27-,30+,31+,38-/m1/s1. The van der Waals surface area contributed by atoms with Crippen LogP contribution in [-0.4, -0.2) is 106 Å². The second kappa shape index (κ2) is 15.8. The average molecular weight is 768 g/mol. The third-order valence-electron chi connectivity index (χ3n) is 10.0. The maximum absolute atomic E-state index is 14.7. The number of ether oxygens (including phenoxy) is 2. The van der Waals surface area contributed by atoms with E-state index in [1.807, 2.05) is 6.92 Å². The van der Waals surface area contributed by atoms with Crippen molar-refractivity contribution in [2.45, 2.75) is 107 Å². The quantitative estimate of drug-likeness (QED) is 0.166. The molecule has 3 N–H and O–H groups in total. The Kier molecular flexibility index (Phi) is 11.7. The lowest BCUT2D eigenvalue weighted by Crippen LogP contribution is -2.61. The summed E-state index contributed by atoms with van der Waals surface area (Å²) < 4.78 is 39.2. The van der Waals surface area contributed by atoms with E-state index in [2.05, 4.69) is 21.6 Å². The van der Waals surface area contributed by atoms with Gasteiger partial charge in [-0.2, -0.15) is 0 Å². The van der Waals surface area contributed by atoms with Crippen LogP contribution in [0.3, 0.4) is 0 Å². The molecule has 1 aromatic carbocycles. The van der Waals surface area contributed by atoms with Crippen molar-refractivity contribution in [1.82, 2.24) is 24.8 Å². The number of aromatic nitrogens is 1. The van der Waals surface area contributed by atoms with Crippen LogP contribution in [0.1, 0.15) is 72.6 Å². The molecule has 1 aromatic heterocycles. The lowest BCUT2D eigenvalue weighted by molar-refractivity contribution is -0.144. The number of carbonyl (C=O) groups excluding carboxylic acids is 4. The van der Waals surface area contributed by atoms with Crippen LogP contribution in [0.4, 0.5) is 4.79 Å². The molecule has 292 valence electrons. The van der Waals surface area contributed by atoms with Crippen molar-refractivity contribution >= 4 is 50.4 Å². The molecule has 1 aliphatic heterocycles. The van der Waals surface area contributed by atoms with Crippen molar-refractivity contribution in [3.8, 4) is 11.6 Å². The minimum absolute atomic E-state index is 0.0733. The zero-order valence-electron chi connectivity index (χ0n) is 31.2. The summed E-state index contributed by atoms with van der Waals surface area (Å²) in [6.45, 7) is 10.3. The molecule has 2 aliphatic carbocycles. The first-order chi connectivity index (χ1) is 25.4. The number of allylic oxidation sites excluding steroid dienone is 2. The number of ketones is 1. The third-order valence-corrected chi connectivity index (χ3v) is 11.9. The number of hydrogen-bond donors (Lipinski definition) is 3. The summed E-state index contributed by atoms with van der Waals surface area (Å²) in [4.78, 5) is 74.7. The van der Waals surface area contributed by atoms with Crippen LogP contribution in [0, 0.1) is 5.92 Å². The highest BCUT2D eigenvalue weighted by atomic mass is 32.2. The molecule has 2 saturated carbocycles. The fraction of sp³-hybridized carbons (Fsp3) is 0.526. The van der Waals surface area contributed by atoms with Crippen LogP contribution >= 0.6 is 0 Å². The van der Waals surface area contributed by atoms with Gasteiger partial charge in [-0.3, -0.25) is 28.8 Å². The number of carboxylic acid groups (broad SMARTS) is 1. The first-order valence-electron chi connectivity index (χ1n) is 18.1. The maximum atomic E-state index is 14.7. The topological polar surface area (TPSA) is 202 Å². The number of nitrogens with one attached hydrogen (secondary N) is 2. The molecular formula is C38H49N5O10S. The van der Waals surface area contributed by atoms with Crippen LogP contribution < -0.4 is 19.5 Å². The summed E-state index contributed by atoms with van der Waals surface area (Å²) in [5, 5.41) is 13.9. The number of rotatable bonds is 16. The molecule has 0 unspecified atom stereocenters. The predicted octanol–water partition coefficient (Wildman–Crippen LogP) is 3.72. The van der Waals surface area contributed by atoms with Crippen molar-refractivity contribution in [3.05, 3.63) is 55.3 Å². The Labute approximate surface area is 315 Å². The Hall–Kier alpha value is -4.99. The van der Waals surface area contributed by atoms with Crippen LogP contribution in [0.15, 0.2) is 55.3 Å². The molecule has 3 aliphatic rings. The Balaban J connectivity index is 1.49. The Bertz CT molecular complexity index is 1960. The van der Waals surface area contributed by atoms with Crippen LogP contribution in [0.2, 0.25) is 0 Å². The molecule has 3 fully saturated rings. The smallest absolute Gasteiger partial charge is 0.408 e. The predicted molar refractivity (Wildman–Crippen MR) is 199 cm³/mol. The molecule has 1 saturated heterocycles. The number of sulfonamides is 1. The normalized spacial score (nSPS) is 23.1. The Morgan fingerprint density at radius 2 is 1.91 bits per heavy atom. The maximum Gasteiger partial charge on any atom is 0.408 e. The molecule has 5 atom stereocenters. The van der Waals surface area contributed by atoms with Gasteiger partial charge < -0.3 is 24.8 Å². The van der Waals surface area contributed by atoms with Gasteiger partial charge in [0, 0.05) is 35.9 Å². The van der Waals surface area contributed by atoms with Crippen LogP contribution in [0.25, 0.3) is 10.8 Å². The SMILES string of the molecule is C=C[C@@H]1C[C@]1(NC(=O)[C@@H]1C[C@@H](Oc2nccc3cc(OC)ccc23)CN1C(=O)[C@H](CCC(=O)/C=C/CC)N(C(=O)O)C(C)(C)C)C(=O)NS(=O)(=O)C1CC1. The molecule has 4 amide bonds. The number of nitrogens with zero attached hydrogens (tertiary/aromatic N) is 3. The zero-order valence-corrected chi connectivity index (χ0v) is 32.1. The fourth-order valence-corrected chi connectivity index (χ4v) is 8.32. The second-order valence-electron chi connectivity index (χ2n) is 15.0. The van der Waals surface area contributed by atoms with Crippen molar-refractivity contribution in [3.63, 3.8) is 0 Å². The highest BCUT2D eigenvalue weighted by molar-refractivity contribution is 7.91. The van der Waals surface area contributed by atoms with Gasteiger partial charge in [0.05, 0.1) is 18.9 Å². The van der Waals surface area contributed by atoms with E-state index >= 15 is 0 Å². The molecule has 0 radical (unpaired) electrons. The summed E-state index contributed by atoms with van der Waals surface area (Å²) in [7, 11) is -2.40. The summed E-state index contributed by atoms with van der Waals surface area (Å²) in [5.41, 5.74) is -2.71. The lowest BCUT2D eigenvalue weighted by Gasteiger charge is -2.41. The van der Waals surface area contributed by atoms with Gasteiger partial charge in [-0.1, -0.05) is 19.1 Å².